The Bertz CT molecular complexity index is 649. The maximum atomic E-state index is 12.8. The fourth-order valence-electron chi connectivity index (χ4n) is 3.17. The van der Waals surface area contributed by atoms with E-state index in [9.17, 15) is 9.59 Å². The number of rotatable bonds is 3. The average Bonchev–Trinajstić information content (AvgIpc) is 2.82. The van der Waals surface area contributed by atoms with Gasteiger partial charge in [-0.2, -0.15) is 0 Å². The monoisotopic (exact) mass is 360 g/mol. The van der Waals surface area contributed by atoms with Gasteiger partial charge in [0.25, 0.3) is 0 Å². The molecule has 2 rings (SSSR count). The van der Waals surface area contributed by atoms with Crippen LogP contribution >= 0.6 is 0 Å². The summed E-state index contributed by atoms with van der Waals surface area (Å²) in [6.45, 7) is 13.2. The van der Waals surface area contributed by atoms with Crippen LogP contribution in [0.4, 0.5) is 4.79 Å². The predicted molar refractivity (Wildman–Crippen MR) is 103 cm³/mol. The van der Waals surface area contributed by atoms with Crippen LogP contribution in [0.15, 0.2) is 18.2 Å². The molecule has 5 nitrogen and oxygen atoms in total. The molecule has 5 heteroatoms. The van der Waals surface area contributed by atoms with Crippen molar-refractivity contribution in [2.24, 2.45) is 0 Å². The fourth-order valence-corrected chi connectivity index (χ4v) is 3.17. The highest BCUT2D eigenvalue weighted by atomic mass is 16.6. The van der Waals surface area contributed by atoms with Gasteiger partial charge in [0, 0.05) is 26.2 Å². The number of aryl methyl sites for hydroxylation is 1. The highest BCUT2D eigenvalue weighted by molar-refractivity contribution is 5.79. The van der Waals surface area contributed by atoms with Gasteiger partial charge in [-0.1, -0.05) is 39.0 Å². The molecule has 1 saturated heterocycles. The smallest absolute Gasteiger partial charge is 0.409 e. The van der Waals surface area contributed by atoms with E-state index in [1.54, 1.807) is 11.8 Å². The van der Waals surface area contributed by atoms with E-state index >= 15 is 0 Å². The first-order valence-electron chi connectivity index (χ1n) is 9.52. The third-order valence-corrected chi connectivity index (χ3v) is 4.93. The summed E-state index contributed by atoms with van der Waals surface area (Å²) in [5.74, 6) is 0.130. The van der Waals surface area contributed by atoms with Crippen LogP contribution in [0.3, 0.4) is 0 Å². The Morgan fingerprint density at radius 3 is 2.38 bits per heavy atom. The molecule has 0 radical (unpaired) electrons. The molecule has 1 fully saturated rings. The lowest BCUT2D eigenvalue weighted by molar-refractivity contribution is -0.130. The van der Waals surface area contributed by atoms with Crippen molar-refractivity contribution in [2.45, 2.75) is 52.9 Å². The van der Waals surface area contributed by atoms with Crippen LogP contribution < -0.4 is 0 Å². The van der Waals surface area contributed by atoms with Crippen LogP contribution in [0, 0.1) is 6.92 Å². The van der Waals surface area contributed by atoms with E-state index in [0.717, 1.165) is 17.5 Å². The highest BCUT2D eigenvalue weighted by Crippen LogP contribution is 2.25. The predicted octanol–water partition coefficient (Wildman–Crippen LogP) is 3.53. The van der Waals surface area contributed by atoms with Crippen LogP contribution in [-0.4, -0.2) is 54.6 Å². The maximum Gasteiger partial charge on any atom is 0.409 e. The second-order valence-electron chi connectivity index (χ2n) is 7.99. The number of ether oxygens (including phenoxy) is 1. The highest BCUT2D eigenvalue weighted by Gasteiger charge is 2.23. The van der Waals surface area contributed by atoms with E-state index < -0.39 is 0 Å². The zero-order valence-corrected chi connectivity index (χ0v) is 16.8. The van der Waals surface area contributed by atoms with Gasteiger partial charge in [-0.05, 0) is 42.4 Å². The maximum absolute atomic E-state index is 12.8. The second kappa shape index (κ2) is 8.56. The van der Waals surface area contributed by atoms with E-state index in [0.29, 0.717) is 39.2 Å². The van der Waals surface area contributed by atoms with Crippen molar-refractivity contribution in [3.05, 3.63) is 34.9 Å². The van der Waals surface area contributed by atoms with E-state index in [4.69, 9.17) is 4.74 Å². The molecule has 0 bridgehead atoms. The van der Waals surface area contributed by atoms with Crippen LogP contribution in [0.2, 0.25) is 0 Å². The molecule has 1 aromatic rings. The number of benzene rings is 1. The molecule has 1 aromatic carbocycles. The zero-order chi connectivity index (χ0) is 19.3. The molecule has 1 heterocycles. The SMILES string of the molecule is CCOC(=O)N1CCCN(C(=O)Cc2cc(C(C)(C)C)ccc2C)CC1. The Hall–Kier alpha value is -2.04. The summed E-state index contributed by atoms with van der Waals surface area (Å²) in [6, 6.07) is 6.41. The molecule has 0 atom stereocenters. The number of amides is 2. The molecular formula is C21H32N2O3. The van der Waals surface area contributed by atoms with Crippen LogP contribution in [0.5, 0.6) is 0 Å². The molecule has 0 spiro atoms. The normalized spacial score (nSPS) is 15.6. The number of nitrogens with zero attached hydrogens (tertiary/aromatic N) is 2. The number of hydrogen-bond acceptors (Lipinski definition) is 3. The van der Waals surface area contributed by atoms with E-state index in [1.807, 2.05) is 4.90 Å². The molecule has 1 aliphatic heterocycles. The largest absolute Gasteiger partial charge is 0.450 e. The summed E-state index contributed by atoms with van der Waals surface area (Å²) in [6.07, 6.45) is 0.913. The number of carbonyl (C=O) groups excluding carboxylic acids is 2. The van der Waals surface area contributed by atoms with Gasteiger partial charge < -0.3 is 14.5 Å². The minimum atomic E-state index is -0.282. The molecule has 0 aliphatic carbocycles. The van der Waals surface area contributed by atoms with E-state index in [-0.39, 0.29) is 17.4 Å². The summed E-state index contributed by atoms with van der Waals surface area (Å²) in [7, 11) is 0. The summed E-state index contributed by atoms with van der Waals surface area (Å²) in [5, 5.41) is 0. The summed E-state index contributed by atoms with van der Waals surface area (Å²) in [5.41, 5.74) is 3.55. The van der Waals surface area contributed by atoms with Crippen molar-refractivity contribution in [1.82, 2.24) is 9.80 Å². The zero-order valence-electron chi connectivity index (χ0n) is 16.8. The van der Waals surface area contributed by atoms with Gasteiger partial charge in [0.2, 0.25) is 5.91 Å². The van der Waals surface area contributed by atoms with E-state index in [2.05, 4.69) is 45.9 Å². The Kier molecular flexibility index (Phi) is 6.68. The van der Waals surface area contributed by atoms with Crippen LogP contribution in [0.1, 0.15) is 50.8 Å². The second-order valence-corrected chi connectivity index (χ2v) is 7.99. The lowest BCUT2D eigenvalue weighted by atomic mass is 9.85. The first kappa shape index (κ1) is 20.3. The van der Waals surface area contributed by atoms with Crippen molar-refractivity contribution >= 4 is 12.0 Å². The molecule has 0 aromatic heterocycles. The summed E-state index contributed by atoms with van der Waals surface area (Å²) >= 11 is 0. The summed E-state index contributed by atoms with van der Waals surface area (Å²) in [4.78, 5) is 28.3. The fraction of sp³-hybridized carbons (Fsp3) is 0.619. The van der Waals surface area contributed by atoms with Gasteiger partial charge >= 0.3 is 6.09 Å². The lowest BCUT2D eigenvalue weighted by Crippen LogP contribution is -2.38. The van der Waals surface area contributed by atoms with E-state index in [1.165, 1.54) is 5.56 Å². The van der Waals surface area contributed by atoms with Crippen molar-refractivity contribution in [1.29, 1.82) is 0 Å². The topological polar surface area (TPSA) is 49.9 Å². The first-order valence-corrected chi connectivity index (χ1v) is 9.52. The molecular weight excluding hydrogens is 328 g/mol. The number of carbonyl (C=O) groups is 2. The van der Waals surface area contributed by atoms with Gasteiger partial charge in [0.1, 0.15) is 0 Å². The number of hydrogen-bond donors (Lipinski definition) is 0. The third-order valence-electron chi connectivity index (χ3n) is 4.93. The average molecular weight is 360 g/mol. The molecule has 0 N–H and O–H groups in total. The Balaban J connectivity index is 2.03. The van der Waals surface area contributed by atoms with Gasteiger partial charge in [0.15, 0.2) is 0 Å². The van der Waals surface area contributed by atoms with Crippen molar-refractivity contribution in [2.75, 3.05) is 32.8 Å². The Morgan fingerprint density at radius 1 is 1.08 bits per heavy atom. The molecule has 0 saturated carbocycles. The van der Waals surface area contributed by atoms with Gasteiger partial charge in [-0.3, -0.25) is 4.79 Å². The molecule has 0 unspecified atom stereocenters. The van der Waals surface area contributed by atoms with Gasteiger partial charge in [0.05, 0.1) is 13.0 Å². The minimum Gasteiger partial charge on any atom is -0.450 e. The van der Waals surface area contributed by atoms with Crippen molar-refractivity contribution in [3.63, 3.8) is 0 Å². The molecule has 2 amide bonds. The quantitative estimate of drug-likeness (QED) is 0.829. The van der Waals surface area contributed by atoms with Crippen molar-refractivity contribution in [3.8, 4) is 0 Å². The molecule has 144 valence electrons. The first-order chi connectivity index (χ1) is 12.2. The lowest BCUT2D eigenvalue weighted by Gasteiger charge is -2.23. The van der Waals surface area contributed by atoms with Gasteiger partial charge in [-0.25, -0.2) is 4.79 Å². The Labute approximate surface area is 157 Å². The molecule has 1 aliphatic rings. The minimum absolute atomic E-state index is 0.0637. The van der Waals surface area contributed by atoms with Crippen LogP contribution in [0.25, 0.3) is 0 Å². The standard InChI is InChI=1S/C21H32N2O3/c1-6-26-20(25)23-11-7-10-22(12-13-23)19(24)15-17-14-18(21(3,4)5)9-8-16(17)2/h8-9,14H,6-7,10-13,15H2,1-5H3. The van der Waals surface area contributed by atoms with Crippen LogP contribution in [-0.2, 0) is 21.4 Å². The third kappa shape index (κ3) is 5.23. The van der Waals surface area contributed by atoms with Gasteiger partial charge in [-0.15, -0.1) is 0 Å². The Morgan fingerprint density at radius 2 is 1.73 bits per heavy atom. The summed E-state index contributed by atoms with van der Waals surface area (Å²) < 4.78 is 5.07. The van der Waals surface area contributed by atoms with Crippen molar-refractivity contribution < 1.29 is 14.3 Å². The molecule has 26 heavy (non-hydrogen) atoms.